The van der Waals surface area contributed by atoms with Gasteiger partial charge in [-0.15, -0.1) is 26.3 Å². The molecule has 258 valence electrons. The molecule has 2 aromatic heterocycles. The molecule has 48 heavy (non-hydrogen) atoms. The second-order valence-electron chi connectivity index (χ2n) is 9.94. The molecule has 0 radical (unpaired) electrons. The molecule has 4 aromatic rings. The van der Waals surface area contributed by atoms with Crippen molar-refractivity contribution in [2.24, 2.45) is 0 Å². The van der Waals surface area contributed by atoms with Crippen molar-refractivity contribution in [1.82, 2.24) is 9.97 Å². The number of alkyl halides is 6. The van der Waals surface area contributed by atoms with Gasteiger partial charge < -0.3 is 29.7 Å². The van der Waals surface area contributed by atoms with Gasteiger partial charge in [-0.1, -0.05) is 36.4 Å². The number of halogens is 6. The van der Waals surface area contributed by atoms with Gasteiger partial charge in [0.25, 0.3) is 0 Å². The van der Waals surface area contributed by atoms with Crippen LogP contribution < -0.4 is 20.1 Å². The molecule has 2 heterocycles. The van der Waals surface area contributed by atoms with Gasteiger partial charge in [0.2, 0.25) is 0 Å². The lowest BCUT2D eigenvalue weighted by atomic mass is 10.1. The number of carbonyl (C=O) groups is 2. The van der Waals surface area contributed by atoms with Crippen molar-refractivity contribution < 1.29 is 45.4 Å². The third-order valence-corrected chi connectivity index (χ3v) is 6.24. The molecule has 0 unspecified atom stereocenters. The maximum Gasteiger partial charge on any atom is 0.573 e. The first kappa shape index (κ1) is 39.0. The average molecular weight is 679 g/mol. The van der Waals surface area contributed by atoms with Crippen molar-refractivity contribution in [3.05, 3.63) is 107 Å². The summed E-state index contributed by atoms with van der Waals surface area (Å²) >= 11 is 0. The minimum Gasteiger partial charge on any atom is -0.406 e. The van der Waals surface area contributed by atoms with Crippen LogP contribution in [0, 0.1) is 0 Å². The van der Waals surface area contributed by atoms with Gasteiger partial charge in [-0.05, 0) is 84.3 Å². The lowest BCUT2D eigenvalue weighted by Gasteiger charge is -2.08. The Bertz CT molecular complexity index is 1400. The van der Waals surface area contributed by atoms with E-state index in [0.717, 1.165) is 24.5 Å². The van der Waals surface area contributed by atoms with Gasteiger partial charge in [-0.2, -0.15) is 0 Å². The van der Waals surface area contributed by atoms with Gasteiger partial charge in [0.15, 0.2) is 0 Å². The third-order valence-electron chi connectivity index (χ3n) is 6.24. The molecule has 14 heteroatoms. The number of nitrogens with one attached hydrogen (secondary N) is 2. The fourth-order valence-electron chi connectivity index (χ4n) is 4.03. The first-order valence-electron chi connectivity index (χ1n) is 14.7. The molecule has 0 bridgehead atoms. The highest BCUT2D eigenvalue weighted by molar-refractivity contribution is 5.56. The van der Waals surface area contributed by atoms with E-state index in [9.17, 15) is 35.9 Å². The number of aldehydes is 2. The number of hydrogen-bond donors (Lipinski definition) is 2. The minimum absolute atomic E-state index is 0.0784. The summed E-state index contributed by atoms with van der Waals surface area (Å²) in [6, 6.07) is 19.0. The molecule has 0 saturated carbocycles. The Morgan fingerprint density at radius 1 is 0.604 bits per heavy atom. The molecular formula is C34H36F6N4O4. The predicted octanol–water partition coefficient (Wildman–Crippen LogP) is 7.78. The van der Waals surface area contributed by atoms with E-state index in [1.807, 2.05) is 38.6 Å². The van der Waals surface area contributed by atoms with Crippen molar-refractivity contribution in [1.29, 1.82) is 0 Å². The van der Waals surface area contributed by atoms with E-state index in [1.54, 1.807) is 12.1 Å². The smallest absolute Gasteiger partial charge is 0.406 e. The molecule has 8 nitrogen and oxygen atoms in total. The largest absolute Gasteiger partial charge is 0.573 e. The average Bonchev–Trinajstić information content (AvgIpc) is 3.03. The summed E-state index contributed by atoms with van der Waals surface area (Å²) in [4.78, 5) is 28.9. The monoisotopic (exact) mass is 678 g/mol. The topological polar surface area (TPSA) is 102 Å². The van der Waals surface area contributed by atoms with Crippen molar-refractivity contribution in [2.75, 3.05) is 24.7 Å². The Morgan fingerprint density at radius 2 is 1.00 bits per heavy atom. The second kappa shape index (κ2) is 20.2. The maximum atomic E-state index is 11.8. The zero-order valence-electron chi connectivity index (χ0n) is 26.3. The fourth-order valence-corrected chi connectivity index (χ4v) is 4.03. The van der Waals surface area contributed by atoms with Crippen molar-refractivity contribution in [2.45, 2.75) is 51.2 Å². The van der Waals surface area contributed by atoms with Crippen LogP contribution in [0.3, 0.4) is 0 Å². The molecule has 0 fully saturated rings. The van der Waals surface area contributed by atoms with E-state index in [1.165, 1.54) is 60.4 Å². The first-order chi connectivity index (χ1) is 22.8. The van der Waals surface area contributed by atoms with Crippen LogP contribution in [-0.4, -0.2) is 49.4 Å². The number of benzene rings is 2. The number of carbonyl (C=O) groups excluding carboxylic acids is 2. The predicted molar refractivity (Wildman–Crippen MR) is 170 cm³/mol. The minimum atomic E-state index is -4.69. The van der Waals surface area contributed by atoms with Crippen molar-refractivity contribution in [3.63, 3.8) is 0 Å². The number of pyridine rings is 2. The number of rotatable bonds is 13. The van der Waals surface area contributed by atoms with Crippen molar-refractivity contribution in [3.8, 4) is 11.5 Å². The molecule has 0 atom stereocenters. The summed E-state index contributed by atoms with van der Waals surface area (Å²) in [5.74, 6) is 1.22. The molecule has 0 amide bonds. The van der Waals surface area contributed by atoms with Crippen LogP contribution in [0.4, 0.5) is 38.0 Å². The summed E-state index contributed by atoms with van der Waals surface area (Å²) in [5, 5.41) is 6.06. The van der Waals surface area contributed by atoms with Gasteiger partial charge in [0.05, 0.1) is 0 Å². The Labute approximate surface area is 274 Å². The van der Waals surface area contributed by atoms with E-state index in [0.29, 0.717) is 23.7 Å². The molecular weight excluding hydrogens is 642 g/mol. The number of unbranched alkanes of at least 4 members (excludes halogenated alkanes) is 1. The summed E-state index contributed by atoms with van der Waals surface area (Å²) in [6.45, 7) is 0. The van der Waals surface area contributed by atoms with Crippen LogP contribution in [0.2, 0.25) is 0 Å². The van der Waals surface area contributed by atoms with Gasteiger partial charge >= 0.3 is 12.7 Å². The Morgan fingerprint density at radius 3 is 1.29 bits per heavy atom. The lowest BCUT2D eigenvalue weighted by Crippen LogP contribution is -2.17. The van der Waals surface area contributed by atoms with Crippen LogP contribution >= 0.6 is 0 Å². The molecule has 4 rings (SSSR count). The number of aryl methyl sites for hydroxylation is 2. The number of anilines is 2. The van der Waals surface area contributed by atoms with Crippen LogP contribution in [-0.2, 0) is 35.3 Å². The van der Waals surface area contributed by atoms with E-state index >= 15 is 0 Å². The van der Waals surface area contributed by atoms with Crippen LogP contribution in [0.25, 0.3) is 0 Å². The first-order valence-corrected chi connectivity index (χ1v) is 14.7. The second-order valence-corrected chi connectivity index (χ2v) is 9.94. The molecule has 0 spiro atoms. The van der Waals surface area contributed by atoms with E-state index in [2.05, 4.69) is 42.2 Å². The summed E-state index contributed by atoms with van der Waals surface area (Å²) in [7, 11) is 3.77. The maximum absolute atomic E-state index is 11.8. The Hall–Kier alpha value is -5.14. The zero-order valence-corrected chi connectivity index (χ0v) is 26.3. The molecule has 0 aliphatic heterocycles. The standard InChI is InChI=1S/C16H22N4.2C9H7F3O2/c1-17-15-9-7-13(11-19-15)5-3-4-6-14-8-10-16(18-2)20-12-14;2*10-9(11,12)14-8-3-1-2-7(6-8)4-5-13/h7-12H,3-6H2,1-2H3,(H,17,19)(H,18,20);2*1-3,5-6H,4H2. The van der Waals surface area contributed by atoms with Crippen molar-refractivity contribution >= 4 is 24.2 Å². The fraction of sp³-hybridized carbons (Fsp3) is 0.294. The van der Waals surface area contributed by atoms with Crippen LogP contribution in [0.5, 0.6) is 11.5 Å². The number of ether oxygens (including phenoxy) is 2. The number of aromatic nitrogens is 2. The van der Waals surface area contributed by atoms with Gasteiger partial charge in [0, 0.05) is 39.3 Å². The molecule has 2 aromatic carbocycles. The highest BCUT2D eigenvalue weighted by atomic mass is 19.4. The highest BCUT2D eigenvalue weighted by Gasteiger charge is 2.31. The van der Waals surface area contributed by atoms with E-state index < -0.39 is 12.7 Å². The Balaban J connectivity index is 0.000000257. The van der Waals surface area contributed by atoms with Gasteiger partial charge in [0.1, 0.15) is 35.7 Å². The SMILES string of the molecule is CNc1ccc(CCCCc2ccc(NC)nc2)cn1.O=CCc1cccc(OC(F)(F)F)c1.O=CCc1cccc(OC(F)(F)F)c1. The van der Waals surface area contributed by atoms with Crippen LogP contribution in [0.15, 0.2) is 85.2 Å². The zero-order chi connectivity index (χ0) is 35.4. The van der Waals surface area contributed by atoms with E-state index in [-0.39, 0.29) is 24.3 Å². The third kappa shape index (κ3) is 17.0. The van der Waals surface area contributed by atoms with Gasteiger partial charge in [-0.3, -0.25) is 0 Å². The van der Waals surface area contributed by atoms with E-state index in [4.69, 9.17) is 0 Å². The normalized spacial score (nSPS) is 10.8. The molecule has 0 aliphatic rings. The van der Waals surface area contributed by atoms with Crippen LogP contribution in [0.1, 0.15) is 35.1 Å². The summed E-state index contributed by atoms with van der Waals surface area (Å²) in [6.07, 6.45) is 0.425. The lowest BCUT2D eigenvalue weighted by molar-refractivity contribution is -0.275. The highest BCUT2D eigenvalue weighted by Crippen LogP contribution is 2.24. The molecule has 0 saturated heterocycles. The Kier molecular flexibility index (Phi) is 16.4. The molecule has 0 aliphatic carbocycles. The summed E-state index contributed by atoms with van der Waals surface area (Å²) < 4.78 is 77.9. The summed E-state index contributed by atoms with van der Waals surface area (Å²) in [5.41, 5.74) is 3.57. The number of hydrogen-bond acceptors (Lipinski definition) is 8. The number of nitrogens with zero attached hydrogens (tertiary/aromatic N) is 2. The van der Waals surface area contributed by atoms with Gasteiger partial charge in [-0.25, -0.2) is 9.97 Å². The molecule has 2 N–H and O–H groups in total. The quantitative estimate of drug-likeness (QED) is 0.0840.